The Hall–Kier alpha value is -2.63. The zero-order valence-electron chi connectivity index (χ0n) is 21.6. The number of ether oxygens (including phenoxy) is 1. The highest BCUT2D eigenvalue weighted by atomic mass is 35.5. The topological polar surface area (TPSA) is 44.1 Å². The number of fused-ring (bicyclic) bond motifs is 3. The fourth-order valence-corrected chi connectivity index (χ4v) is 7.04. The first-order chi connectivity index (χ1) is 17.7. The lowest BCUT2D eigenvalue weighted by atomic mass is 9.74. The number of piperidine rings is 3. The molecule has 0 N–H and O–H groups in total. The summed E-state index contributed by atoms with van der Waals surface area (Å²) in [5.74, 6) is 0.523. The Balaban J connectivity index is 0.00000280. The van der Waals surface area contributed by atoms with Gasteiger partial charge in [-0.1, -0.05) is 74.2 Å². The van der Waals surface area contributed by atoms with Crippen LogP contribution in [-0.4, -0.2) is 46.0 Å². The van der Waals surface area contributed by atoms with Gasteiger partial charge in [-0.25, -0.2) is 4.68 Å². The van der Waals surface area contributed by atoms with Crippen LogP contribution in [0.4, 0.5) is 0 Å². The highest BCUT2D eigenvalue weighted by Gasteiger charge is 2.50. The summed E-state index contributed by atoms with van der Waals surface area (Å²) in [6.45, 7) is 4.13. The number of carbonyl (C=O) groups is 1. The van der Waals surface area contributed by atoms with E-state index in [9.17, 15) is 4.79 Å². The molecule has 0 amide bonds. The van der Waals surface area contributed by atoms with Gasteiger partial charge in [0.15, 0.2) is 6.10 Å². The number of halogens is 1. The van der Waals surface area contributed by atoms with E-state index in [0.29, 0.717) is 5.92 Å². The van der Waals surface area contributed by atoms with Crippen molar-refractivity contribution < 1.29 is 14.0 Å². The van der Waals surface area contributed by atoms with E-state index in [0.717, 1.165) is 86.1 Å². The Morgan fingerprint density at radius 1 is 0.919 bits per heavy atom. The van der Waals surface area contributed by atoms with E-state index in [-0.39, 0.29) is 24.5 Å². The maximum atomic E-state index is 14.0. The van der Waals surface area contributed by atoms with Crippen molar-refractivity contribution in [3.05, 3.63) is 84.2 Å². The van der Waals surface area contributed by atoms with Gasteiger partial charge in [0, 0.05) is 25.0 Å². The van der Waals surface area contributed by atoms with E-state index in [1.165, 1.54) is 12.8 Å². The van der Waals surface area contributed by atoms with Crippen LogP contribution in [-0.2, 0) is 21.5 Å². The monoisotopic (exact) mass is 520 g/mol. The van der Waals surface area contributed by atoms with Gasteiger partial charge in [0.25, 0.3) is 0 Å². The van der Waals surface area contributed by atoms with Crippen LogP contribution >= 0.6 is 12.4 Å². The minimum atomic E-state index is -0.483. The Morgan fingerprint density at radius 2 is 1.57 bits per heavy atom. The molecule has 4 heterocycles. The molecule has 3 saturated heterocycles. The number of esters is 1. The van der Waals surface area contributed by atoms with E-state index in [1.54, 1.807) is 0 Å². The molecule has 0 radical (unpaired) electrons. The van der Waals surface area contributed by atoms with Crippen molar-refractivity contribution in [3.8, 4) is 5.69 Å². The molecule has 4 fully saturated rings. The molecule has 1 aromatic heterocycles. The van der Waals surface area contributed by atoms with E-state index < -0.39 is 5.41 Å². The van der Waals surface area contributed by atoms with E-state index in [1.807, 2.05) is 28.9 Å². The number of aromatic nitrogens is 2. The fourth-order valence-electron chi connectivity index (χ4n) is 7.04. The summed E-state index contributed by atoms with van der Waals surface area (Å²) in [7, 11) is 0. The third kappa shape index (κ3) is 5.21. The number of quaternary nitrogens is 1. The van der Waals surface area contributed by atoms with E-state index >= 15 is 0 Å². The predicted octanol–water partition coefficient (Wildman–Crippen LogP) is 6.24. The quantitative estimate of drug-likeness (QED) is 0.219. The molecule has 5 nitrogen and oxygen atoms in total. The van der Waals surface area contributed by atoms with Crippen LogP contribution in [0.15, 0.2) is 72.9 Å². The Kier molecular flexibility index (Phi) is 7.73. The van der Waals surface area contributed by atoms with Crippen LogP contribution in [0.3, 0.4) is 0 Å². The average Bonchev–Trinajstić information content (AvgIpc) is 3.23. The van der Waals surface area contributed by atoms with Gasteiger partial charge in [-0.05, 0) is 36.6 Å². The summed E-state index contributed by atoms with van der Waals surface area (Å²) in [6, 6.07) is 22.9. The Labute approximate surface area is 226 Å². The number of carbonyl (C=O) groups excluding carboxylic acids is 1. The number of hydrogen-bond acceptors (Lipinski definition) is 3. The molecule has 6 heteroatoms. The standard InChI is InChI=1S/C31H38N3O2.ClH/c35-30(31(18-9-1-2-10-19-31)26-11-5-3-6-12-26)36-29-24-34(21-16-25(29)17-22-34)23-27-15-20-33(32-27)28-13-7-4-8-14-28;/h3-8,11-15,20,25,29H,1-2,9-10,16-19,21-24H2;1H/q+1;/t25?,29-,34?;/m0./s1. The molecule has 3 aliphatic heterocycles. The summed E-state index contributed by atoms with van der Waals surface area (Å²) < 4.78 is 9.49. The number of para-hydroxylation sites is 1. The van der Waals surface area contributed by atoms with Crippen LogP contribution < -0.4 is 0 Å². The molecule has 1 aliphatic carbocycles. The van der Waals surface area contributed by atoms with Crippen LogP contribution in [0.2, 0.25) is 0 Å². The van der Waals surface area contributed by atoms with Crippen LogP contribution in [0, 0.1) is 5.92 Å². The number of hydrogen-bond donors (Lipinski definition) is 0. The molecule has 7 rings (SSSR count). The third-order valence-electron chi connectivity index (χ3n) is 9.14. The largest absolute Gasteiger partial charge is 0.455 e. The van der Waals surface area contributed by atoms with Gasteiger partial charge in [-0.3, -0.25) is 4.79 Å². The predicted molar refractivity (Wildman–Crippen MR) is 148 cm³/mol. The van der Waals surface area contributed by atoms with Gasteiger partial charge < -0.3 is 9.22 Å². The molecule has 37 heavy (non-hydrogen) atoms. The minimum absolute atomic E-state index is 0. The molecule has 1 saturated carbocycles. The van der Waals surface area contributed by atoms with Crippen LogP contribution in [0.1, 0.15) is 62.6 Å². The van der Waals surface area contributed by atoms with Gasteiger partial charge in [0.1, 0.15) is 18.8 Å². The summed E-state index contributed by atoms with van der Waals surface area (Å²) in [5.41, 5.74) is 2.87. The highest BCUT2D eigenvalue weighted by Crippen LogP contribution is 2.42. The number of nitrogens with zero attached hydrogens (tertiary/aromatic N) is 3. The smallest absolute Gasteiger partial charge is 0.317 e. The van der Waals surface area contributed by atoms with Crippen LogP contribution in [0.5, 0.6) is 0 Å². The molecular formula is C31H39ClN3O2+. The lowest BCUT2D eigenvalue weighted by Gasteiger charge is -2.52. The van der Waals surface area contributed by atoms with Crippen molar-refractivity contribution in [1.29, 1.82) is 0 Å². The lowest BCUT2D eigenvalue weighted by molar-refractivity contribution is -0.958. The highest BCUT2D eigenvalue weighted by molar-refractivity contribution is 5.85. The first-order valence-corrected chi connectivity index (χ1v) is 13.9. The second-order valence-electron chi connectivity index (χ2n) is 11.4. The maximum absolute atomic E-state index is 14.0. The van der Waals surface area contributed by atoms with Crippen molar-refractivity contribution in [1.82, 2.24) is 9.78 Å². The zero-order valence-corrected chi connectivity index (χ0v) is 22.5. The Morgan fingerprint density at radius 3 is 2.24 bits per heavy atom. The first-order valence-electron chi connectivity index (χ1n) is 13.9. The molecule has 1 atom stereocenters. The number of rotatable bonds is 6. The third-order valence-corrected chi connectivity index (χ3v) is 9.14. The minimum Gasteiger partial charge on any atom is -0.455 e. The average molecular weight is 521 g/mol. The summed E-state index contributed by atoms with van der Waals surface area (Å²) in [5, 5.41) is 4.90. The molecule has 0 spiro atoms. The van der Waals surface area contributed by atoms with Gasteiger partial charge in [0.05, 0.1) is 24.2 Å². The van der Waals surface area contributed by atoms with E-state index in [2.05, 4.69) is 48.7 Å². The second-order valence-corrected chi connectivity index (χ2v) is 11.4. The van der Waals surface area contributed by atoms with Gasteiger partial charge in [-0.15, -0.1) is 12.4 Å². The van der Waals surface area contributed by atoms with Gasteiger partial charge in [-0.2, -0.15) is 5.10 Å². The summed E-state index contributed by atoms with van der Waals surface area (Å²) in [6.07, 6.45) is 10.8. The molecule has 2 aromatic carbocycles. The molecule has 0 unspecified atom stereocenters. The molecule has 4 aliphatic rings. The first kappa shape index (κ1) is 26.0. The van der Waals surface area contributed by atoms with Crippen molar-refractivity contribution in [2.75, 3.05) is 19.6 Å². The second kappa shape index (κ2) is 11.0. The molecular weight excluding hydrogens is 482 g/mol. The molecule has 2 bridgehead atoms. The summed E-state index contributed by atoms with van der Waals surface area (Å²) >= 11 is 0. The summed E-state index contributed by atoms with van der Waals surface area (Å²) in [4.78, 5) is 14.0. The van der Waals surface area contributed by atoms with Crippen molar-refractivity contribution >= 4 is 18.4 Å². The molecule has 3 aromatic rings. The van der Waals surface area contributed by atoms with Crippen molar-refractivity contribution in [2.24, 2.45) is 5.92 Å². The maximum Gasteiger partial charge on any atom is 0.317 e. The zero-order chi connectivity index (χ0) is 24.4. The van der Waals surface area contributed by atoms with Gasteiger partial charge in [0.2, 0.25) is 0 Å². The van der Waals surface area contributed by atoms with Gasteiger partial charge >= 0.3 is 5.97 Å². The SMILES string of the molecule is Cl.O=C(O[C@H]1C[N+]2(Cc3ccn(-c4ccccc4)n3)CCC1CC2)C1(c2ccccc2)CCCCCC1. The molecule has 196 valence electrons. The lowest BCUT2D eigenvalue weighted by Crippen LogP contribution is -2.64. The Bertz CT molecular complexity index is 1160. The van der Waals surface area contributed by atoms with Crippen molar-refractivity contribution in [2.45, 2.75) is 69.4 Å². The van der Waals surface area contributed by atoms with Crippen LogP contribution in [0.25, 0.3) is 5.69 Å². The fraction of sp³-hybridized carbons (Fsp3) is 0.484. The van der Waals surface area contributed by atoms with Crippen molar-refractivity contribution in [3.63, 3.8) is 0 Å². The number of benzene rings is 2. The normalized spacial score (nSPS) is 26.6. The van der Waals surface area contributed by atoms with E-state index in [4.69, 9.17) is 9.84 Å².